The minimum atomic E-state index is -0.335. The van der Waals surface area contributed by atoms with E-state index in [0.29, 0.717) is 24.0 Å². The Bertz CT molecular complexity index is 1050. The van der Waals surface area contributed by atoms with Crippen LogP contribution in [0.25, 0.3) is 10.9 Å². The molecule has 3 aromatic rings. The van der Waals surface area contributed by atoms with Gasteiger partial charge in [0.15, 0.2) is 0 Å². The van der Waals surface area contributed by atoms with Crippen molar-refractivity contribution < 1.29 is 4.74 Å². The van der Waals surface area contributed by atoms with Gasteiger partial charge in [-0.15, -0.1) is 11.3 Å². The third-order valence-corrected chi connectivity index (χ3v) is 5.81. The van der Waals surface area contributed by atoms with Gasteiger partial charge in [-0.2, -0.15) is 0 Å². The fraction of sp³-hybridized carbons (Fsp3) is 0.368. The van der Waals surface area contributed by atoms with Gasteiger partial charge in [0.2, 0.25) is 0 Å². The van der Waals surface area contributed by atoms with E-state index in [9.17, 15) is 9.59 Å². The van der Waals surface area contributed by atoms with Gasteiger partial charge < -0.3 is 14.6 Å². The van der Waals surface area contributed by atoms with E-state index >= 15 is 0 Å². The Morgan fingerprint density at radius 3 is 2.63 bits per heavy atom. The van der Waals surface area contributed by atoms with Gasteiger partial charge in [-0.05, 0) is 12.1 Å². The molecule has 1 aliphatic heterocycles. The van der Waals surface area contributed by atoms with Crippen LogP contribution in [0.3, 0.4) is 0 Å². The minimum absolute atomic E-state index is 0.206. The lowest BCUT2D eigenvalue weighted by atomic mass is 10.2. The molecule has 0 aliphatic carbocycles. The summed E-state index contributed by atoms with van der Waals surface area (Å²) in [6, 6.07) is 8.03. The molecule has 0 spiro atoms. The van der Waals surface area contributed by atoms with Crippen molar-refractivity contribution in [3.8, 4) is 5.75 Å². The van der Waals surface area contributed by atoms with E-state index in [4.69, 9.17) is 4.74 Å². The highest BCUT2D eigenvalue weighted by molar-refractivity contribution is 7.09. The number of para-hydroxylation sites is 2. The Morgan fingerprint density at radius 1 is 1.07 bits per heavy atom. The van der Waals surface area contributed by atoms with E-state index in [1.54, 1.807) is 17.9 Å². The number of nitrogens with zero attached hydrogens (tertiary/aromatic N) is 3. The van der Waals surface area contributed by atoms with E-state index < -0.39 is 0 Å². The Kier molecular flexibility index (Phi) is 5.00. The Balaban J connectivity index is 1.40. The molecule has 0 saturated carbocycles. The monoisotopic (exact) mass is 386 g/mol. The standard InChI is InChI=1S/C19H22N4O3S/c1-26-17-5-3-2-4-16(17)22-9-6-21(7-10-22)8-11-23-18(24)14-12-27-13-15(14)20-19(23)25/h2-5,12-13H,6-11H2,1H3,(H,20,25). The molecule has 1 aliphatic rings. The number of fused-ring (bicyclic) bond motifs is 1. The topological polar surface area (TPSA) is 70.6 Å². The van der Waals surface area contributed by atoms with Crippen molar-refractivity contribution in [2.24, 2.45) is 0 Å². The number of aromatic amines is 1. The van der Waals surface area contributed by atoms with Crippen LogP contribution in [-0.4, -0.2) is 54.3 Å². The summed E-state index contributed by atoms with van der Waals surface area (Å²) < 4.78 is 6.76. The SMILES string of the molecule is COc1ccccc1N1CCN(CCn2c(=O)[nH]c3cscc3c2=O)CC1. The number of hydrogen-bond donors (Lipinski definition) is 1. The molecule has 4 rings (SSSR count). The van der Waals surface area contributed by atoms with Crippen molar-refractivity contribution in [3.63, 3.8) is 0 Å². The lowest BCUT2D eigenvalue weighted by Gasteiger charge is -2.36. The predicted molar refractivity (Wildman–Crippen MR) is 108 cm³/mol. The molecule has 1 N–H and O–H groups in total. The van der Waals surface area contributed by atoms with Crippen LogP contribution in [0.4, 0.5) is 5.69 Å². The molecule has 7 nitrogen and oxygen atoms in total. The molecule has 1 aromatic carbocycles. The van der Waals surface area contributed by atoms with E-state index in [2.05, 4.69) is 20.9 Å². The lowest BCUT2D eigenvalue weighted by Crippen LogP contribution is -2.48. The fourth-order valence-electron chi connectivity index (χ4n) is 3.53. The third-order valence-electron chi connectivity index (χ3n) is 5.06. The summed E-state index contributed by atoms with van der Waals surface area (Å²) >= 11 is 1.42. The number of hydrogen-bond acceptors (Lipinski definition) is 6. The predicted octanol–water partition coefficient (Wildman–Crippen LogP) is 1.58. The summed E-state index contributed by atoms with van der Waals surface area (Å²) in [5.41, 5.74) is 1.19. The number of methoxy groups -OCH3 is 1. The van der Waals surface area contributed by atoms with Crippen molar-refractivity contribution >= 4 is 27.9 Å². The zero-order valence-electron chi connectivity index (χ0n) is 15.2. The maximum atomic E-state index is 12.5. The van der Waals surface area contributed by atoms with Gasteiger partial charge in [0.1, 0.15) is 5.75 Å². The fourth-order valence-corrected chi connectivity index (χ4v) is 4.28. The highest BCUT2D eigenvalue weighted by Gasteiger charge is 2.19. The van der Waals surface area contributed by atoms with Crippen LogP contribution in [-0.2, 0) is 6.54 Å². The van der Waals surface area contributed by atoms with Gasteiger partial charge in [-0.25, -0.2) is 4.79 Å². The molecule has 1 saturated heterocycles. The zero-order valence-corrected chi connectivity index (χ0v) is 16.0. The third kappa shape index (κ3) is 3.50. The van der Waals surface area contributed by atoms with Crippen LogP contribution in [0.2, 0.25) is 0 Å². The van der Waals surface area contributed by atoms with Crippen LogP contribution >= 0.6 is 11.3 Å². The lowest BCUT2D eigenvalue weighted by molar-refractivity contribution is 0.245. The minimum Gasteiger partial charge on any atom is -0.495 e. The van der Waals surface area contributed by atoms with E-state index in [0.717, 1.165) is 37.6 Å². The molecule has 27 heavy (non-hydrogen) atoms. The smallest absolute Gasteiger partial charge is 0.328 e. The summed E-state index contributed by atoms with van der Waals surface area (Å²) in [7, 11) is 1.69. The van der Waals surface area contributed by atoms with Crippen molar-refractivity contribution in [1.82, 2.24) is 14.5 Å². The van der Waals surface area contributed by atoms with Crippen LogP contribution in [0.15, 0.2) is 44.6 Å². The average Bonchev–Trinajstić information content (AvgIpc) is 3.17. The highest BCUT2D eigenvalue weighted by atomic mass is 32.1. The largest absolute Gasteiger partial charge is 0.495 e. The number of anilines is 1. The molecule has 0 atom stereocenters. The van der Waals surface area contributed by atoms with Crippen molar-refractivity contribution in [2.45, 2.75) is 6.54 Å². The molecule has 142 valence electrons. The number of rotatable bonds is 5. The second-order valence-electron chi connectivity index (χ2n) is 6.59. The molecule has 0 bridgehead atoms. The van der Waals surface area contributed by atoms with Gasteiger partial charge in [0, 0.05) is 50.0 Å². The summed E-state index contributed by atoms with van der Waals surface area (Å²) in [4.78, 5) is 32.1. The number of ether oxygens (including phenoxy) is 1. The molecule has 1 fully saturated rings. The summed E-state index contributed by atoms with van der Waals surface area (Å²) in [5, 5.41) is 4.16. The maximum absolute atomic E-state index is 12.5. The summed E-state index contributed by atoms with van der Waals surface area (Å²) in [6.45, 7) is 4.61. The quantitative estimate of drug-likeness (QED) is 0.721. The first-order chi connectivity index (χ1) is 13.2. The second-order valence-corrected chi connectivity index (χ2v) is 7.33. The number of piperazine rings is 1. The maximum Gasteiger partial charge on any atom is 0.328 e. The number of aromatic nitrogens is 2. The molecule has 3 heterocycles. The summed E-state index contributed by atoms with van der Waals surface area (Å²) in [6.07, 6.45) is 0. The zero-order chi connectivity index (χ0) is 18.8. The normalized spacial score (nSPS) is 15.4. The first-order valence-corrected chi connectivity index (χ1v) is 9.91. The highest BCUT2D eigenvalue weighted by Crippen LogP contribution is 2.28. The number of nitrogens with one attached hydrogen (secondary N) is 1. The van der Waals surface area contributed by atoms with Crippen LogP contribution in [0.1, 0.15) is 0 Å². The number of thiophene rings is 1. The van der Waals surface area contributed by atoms with Gasteiger partial charge >= 0.3 is 5.69 Å². The van der Waals surface area contributed by atoms with Crippen LogP contribution in [0, 0.1) is 0 Å². The number of benzene rings is 1. The van der Waals surface area contributed by atoms with Crippen molar-refractivity contribution in [1.29, 1.82) is 0 Å². The summed E-state index contributed by atoms with van der Waals surface area (Å²) in [5.74, 6) is 0.883. The van der Waals surface area contributed by atoms with E-state index in [-0.39, 0.29) is 11.2 Å². The molecule has 8 heteroatoms. The Hall–Kier alpha value is -2.58. The molecule has 2 aromatic heterocycles. The Morgan fingerprint density at radius 2 is 1.85 bits per heavy atom. The average molecular weight is 386 g/mol. The molecular weight excluding hydrogens is 364 g/mol. The number of H-pyrrole nitrogens is 1. The van der Waals surface area contributed by atoms with Crippen LogP contribution < -0.4 is 20.9 Å². The van der Waals surface area contributed by atoms with Gasteiger partial charge in [0.05, 0.1) is 23.7 Å². The molecular formula is C19H22N4O3S. The van der Waals surface area contributed by atoms with Crippen molar-refractivity contribution in [3.05, 3.63) is 55.9 Å². The van der Waals surface area contributed by atoms with Crippen molar-refractivity contribution in [2.75, 3.05) is 44.7 Å². The van der Waals surface area contributed by atoms with Crippen LogP contribution in [0.5, 0.6) is 5.75 Å². The second kappa shape index (κ2) is 7.58. The van der Waals surface area contributed by atoms with Gasteiger partial charge in [0.25, 0.3) is 5.56 Å². The first-order valence-electron chi connectivity index (χ1n) is 8.96. The molecule has 0 radical (unpaired) electrons. The van der Waals surface area contributed by atoms with E-state index in [1.807, 2.05) is 18.2 Å². The molecule has 0 amide bonds. The van der Waals surface area contributed by atoms with Gasteiger partial charge in [-0.1, -0.05) is 12.1 Å². The molecule has 0 unspecified atom stereocenters. The van der Waals surface area contributed by atoms with E-state index in [1.165, 1.54) is 15.9 Å². The first kappa shape index (κ1) is 17.8. The van der Waals surface area contributed by atoms with Gasteiger partial charge in [-0.3, -0.25) is 14.3 Å². The Labute approximate surface area is 160 Å².